The number of hydrogen-bond donors (Lipinski definition) is 0. The Kier molecular flexibility index (Phi) is 4.32. The van der Waals surface area contributed by atoms with Crippen LogP contribution in [0.1, 0.15) is 10.4 Å². The summed E-state index contributed by atoms with van der Waals surface area (Å²) in [6.07, 6.45) is 0. The number of halogens is 4. The summed E-state index contributed by atoms with van der Waals surface area (Å²) in [6.45, 7) is -3.09. The molecule has 1 rings (SSSR count). The predicted molar refractivity (Wildman–Crippen MR) is 54.4 cm³/mol. The van der Waals surface area contributed by atoms with Crippen LogP contribution in [0.3, 0.4) is 0 Å². The van der Waals surface area contributed by atoms with Crippen LogP contribution in [-0.2, 0) is 4.74 Å². The molecule has 0 atom stereocenters. The molecule has 0 unspecified atom stereocenters. The number of rotatable bonds is 3. The van der Waals surface area contributed by atoms with Gasteiger partial charge in [-0.1, -0.05) is 23.2 Å². The minimum Gasteiger partial charge on any atom is -0.465 e. The number of benzene rings is 1. The van der Waals surface area contributed by atoms with Crippen LogP contribution in [0.5, 0.6) is 5.75 Å². The molecular weight excluding hydrogens is 265 g/mol. The van der Waals surface area contributed by atoms with Gasteiger partial charge in [0.1, 0.15) is 11.3 Å². The quantitative estimate of drug-likeness (QED) is 0.790. The van der Waals surface area contributed by atoms with Gasteiger partial charge < -0.3 is 9.47 Å². The minimum atomic E-state index is -3.09. The van der Waals surface area contributed by atoms with Gasteiger partial charge >= 0.3 is 12.6 Å². The monoisotopic (exact) mass is 270 g/mol. The molecular formula is C9H6Cl2F2O3. The highest BCUT2D eigenvalue weighted by Gasteiger charge is 2.21. The summed E-state index contributed by atoms with van der Waals surface area (Å²) in [5, 5.41) is -0.0386. The van der Waals surface area contributed by atoms with Gasteiger partial charge in [-0.2, -0.15) is 8.78 Å². The molecule has 0 aromatic heterocycles. The second kappa shape index (κ2) is 5.32. The summed E-state index contributed by atoms with van der Waals surface area (Å²) in [5.41, 5.74) is -0.283. The fraction of sp³-hybridized carbons (Fsp3) is 0.222. The van der Waals surface area contributed by atoms with Crippen LogP contribution in [0.4, 0.5) is 8.78 Å². The third-order valence-corrected chi connectivity index (χ3v) is 2.14. The van der Waals surface area contributed by atoms with Crippen LogP contribution < -0.4 is 4.74 Å². The van der Waals surface area contributed by atoms with E-state index in [4.69, 9.17) is 23.2 Å². The summed E-state index contributed by atoms with van der Waals surface area (Å²) in [4.78, 5) is 11.3. The van der Waals surface area contributed by atoms with Gasteiger partial charge in [0, 0.05) is 11.1 Å². The topological polar surface area (TPSA) is 35.5 Å². The molecule has 0 saturated heterocycles. The van der Waals surface area contributed by atoms with E-state index in [9.17, 15) is 13.6 Å². The average molecular weight is 271 g/mol. The van der Waals surface area contributed by atoms with E-state index in [-0.39, 0.29) is 15.6 Å². The van der Waals surface area contributed by atoms with Crippen molar-refractivity contribution in [3.05, 3.63) is 27.7 Å². The van der Waals surface area contributed by atoms with Gasteiger partial charge in [0.25, 0.3) is 0 Å². The van der Waals surface area contributed by atoms with Crippen molar-refractivity contribution in [3.63, 3.8) is 0 Å². The van der Waals surface area contributed by atoms with Gasteiger partial charge in [0.05, 0.1) is 12.1 Å². The molecule has 0 heterocycles. The Morgan fingerprint density at radius 1 is 1.38 bits per heavy atom. The highest BCUT2D eigenvalue weighted by molar-refractivity contribution is 6.37. The number of hydrogen-bond acceptors (Lipinski definition) is 3. The van der Waals surface area contributed by atoms with Crippen molar-refractivity contribution < 1.29 is 23.0 Å². The first kappa shape index (κ1) is 13.0. The molecule has 0 fully saturated rings. The van der Waals surface area contributed by atoms with Gasteiger partial charge in [-0.15, -0.1) is 0 Å². The maximum absolute atomic E-state index is 12.1. The van der Waals surface area contributed by atoms with Crippen LogP contribution in [-0.4, -0.2) is 19.7 Å². The number of carbonyl (C=O) groups is 1. The molecule has 16 heavy (non-hydrogen) atoms. The Hall–Kier alpha value is -1.07. The van der Waals surface area contributed by atoms with E-state index in [0.29, 0.717) is 0 Å². The largest absolute Gasteiger partial charge is 0.465 e. The summed E-state index contributed by atoms with van der Waals surface area (Å²) in [5.74, 6) is -1.29. The second-order valence-electron chi connectivity index (χ2n) is 2.63. The van der Waals surface area contributed by atoms with E-state index in [1.54, 1.807) is 0 Å². The van der Waals surface area contributed by atoms with E-state index in [0.717, 1.165) is 13.2 Å². The van der Waals surface area contributed by atoms with Crippen molar-refractivity contribution in [2.24, 2.45) is 0 Å². The Balaban J connectivity index is 3.26. The second-order valence-corrected chi connectivity index (χ2v) is 3.47. The van der Waals surface area contributed by atoms with Gasteiger partial charge in [-0.05, 0) is 6.07 Å². The number of methoxy groups -OCH3 is 1. The summed E-state index contributed by atoms with van der Waals surface area (Å²) < 4.78 is 32.7. The zero-order chi connectivity index (χ0) is 12.3. The Bertz CT molecular complexity index is 410. The first-order valence-corrected chi connectivity index (χ1v) is 4.73. The first-order valence-electron chi connectivity index (χ1n) is 3.98. The number of ether oxygens (including phenoxy) is 2. The predicted octanol–water partition coefficient (Wildman–Crippen LogP) is 3.38. The molecule has 1 aromatic rings. The third-order valence-electron chi connectivity index (χ3n) is 1.62. The van der Waals surface area contributed by atoms with Crippen LogP contribution in [0.15, 0.2) is 12.1 Å². The highest BCUT2D eigenvalue weighted by Crippen LogP contribution is 2.32. The van der Waals surface area contributed by atoms with E-state index < -0.39 is 18.3 Å². The Labute approximate surface area is 99.9 Å². The summed E-state index contributed by atoms with van der Waals surface area (Å²) in [7, 11) is 1.10. The van der Waals surface area contributed by atoms with Gasteiger partial charge in [-0.25, -0.2) is 4.79 Å². The van der Waals surface area contributed by atoms with Gasteiger partial charge in [0.15, 0.2) is 0 Å². The Morgan fingerprint density at radius 3 is 2.50 bits per heavy atom. The molecule has 0 aliphatic carbocycles. The SMILES string of the molecule is COC(=O)c1c(Cl)cc(Cl)cc1OC(F)F. The van der Waals surface area contributed by atoms with Crippen molar-refractivity contribution in [2.45, 2.75) is 6.61 Å². The maximum Gasteiger partial charge on any atom is 0.387 e. The molecule has 0 amide bonds. The molecule has 0 bridgehead atoms. The lowest BCUT2D eigenvalue weighted by Gasteiger charge is -2.11. The van der Waals surface area contributed by atoms with E-state index >= 15 is 0 Å². The van der Waals surface area contributed by atoms with Crippen molar-refractivity contribution in [1.29, 1.82) is 0 Å². The number of carbonyl (C=O) groups excluding carboxylic acids is 1. The van der Waals surface area contributed by atoms with E-state index in [1.807, 2.05) is 0 Å². The highest BCUT2D eigenvalue weighted by atomic mass is 35.5. The van der Waals surface area contributed by atoms with E-state index in [2.05, 4.69) is 9.47 Å². The normalized spacial score (nSPS) is 10.4. The van der Waals surface area contributed by atoms with Crippen LogP contribution in [0.2, 0.25) is 10.0 Å². The molecule has 7 heteroatoms. The lowest BCUT2D eigenvalue weighted by atomic mass is 10.2. The zero-order valence-corrected chi connectivity index (χ0v) is 9.48. The lowest BCUT2D eigenvalue weighted by Crippen LogP contribution is -2.10. The molecule has 1 aromatic carbocycles. The average Bonchev–Trinajstić information content (AvgIpc) is 2.14. The van der Waals surface area contributed by atoms with Gasteiger partial charge in [-0.3, -0.25) is 0 Å². The fourth-order valence-electron chi connectivity index (χ4n) is 1.04. The molecule has 0 N–H and O–H groups in total. The van der Waals surface area contributed by atoms with Crippen LogP contribution in [0, 0.1) is 0 Å². The molecule has 0 radical (unpaired) electrons. The minimum absolute atomic E-state index is 0.0771. The van der Waals surface area contributed by atoms with Crippen molar-refractivity contribution in [3.8, 4) is 5.75 Å². The lowest BCUT2D eigenvalue weighted by molar-refractivity contribution is -0.0503. The van der Waals surface area contributed by atoms with Crippen LogP contribution in [0.25, 0.3) is 0 Å². The Morgan fingerprint density at radius 2 is 2.00 bits per heavy atom. The third kappa shape index (κ3) is 2.96. The molecule has 88 valence electrons. The van der Waals surface area contributed by atoms with Gasteiger partial charge in [0.2, 0.25) is 0 Å². The standard InChI is InChI=1S/C9H6Cl2F2O3/c1-15-8(14)7-5(11)2-4(10)3-6(7)16-9(12)13/h2-3,9H,1H3. The zero-order valence-electron chi connectivity index (χ0n) is 7.97. The fourth-order valence-corrected chi connectivity index (χ4v) is 1.59. The van der Waals surface area contributed by atoms with Crippen LogP contribution >= 0.6 is 23.2 Å². The maximum atomic E-state index is 12.1. The molecule has 0 saturated carbocycles. The molecule has 3 nitrogen and oxygen atoms in total. The molecule has 0 aliphatic heterocycles. The first-order chi connectivity index (χ1) is 7.45. The van der Waals surface area contributed by atoms with Crippen molar-refractivity contribution in [2.75, 3.05) is 7.11 Å². The number of esters is 1. The molecule has 0 spiro atoms. The smallest absolute Gasteiger partial charge is 0.387 e. The summed E-state index contributed by atoms with van der Waals surface area (Å²) in [6, 6.07) is 2.29. The summed E-state index contributed by atoms with van der Waals surface area (Å²) >= 11 is 11.3. The number of alkyl halides is 2. The van der Waals surface area contributed by atoms with E-state index in [1.165, 1.54) is 6.07 Å². The van der Waals surface area contributed by atoms with Crippen molar-refractivity contribution >= 4 is 29.2 Å². The molecule has 0 aliphatic rings. The van der Waals surface area contributed by atoms with Crippen molar-refractivity contribution in [1.82, 2.24) is 0 Å².